The zero-order chi connectivity index (χ0) is 36.7. The van der Waals surface area contributed by atoms with Gasteiger partial charge in [0.1, 0.15) is 11.2 Å². The molecule has 0 spiro atoms. The molecule has 6 unspecified atom stereocenters. The van der Waals surface area contributed by atoms with Gasteiger partial charge in [0.2, 0.25) is 0 Å². The lowest BCUT2D eigenvalue weighted by atomic mass is 9.67. The lowest BCUT2D eigenvalue weighted by Crippen LogP contribution is -2.25. The van der Waals surface area contributed by atoms with Crippen molar-refractivity contribution in [3.63, 3.8) is 0 Å². The third-order valence-corrected chi connectivity index (χ3v) is 19.1. The Morgan fingerprint density at radius 2 is 0.895 bits per heavy atom. The molecule has 12 aliphatic rings. The van der Waals surface area contributed by atoms with Crippen LogP contribution in [0, 0.1) is 58.2 Å². The van der Waals surface area contributed by atoms with E-state index >= 15 is 0 Å². The first-order valence-corrected chi connectivity index (χ1v) is 23.1. The van der Waals surface area contributed by atoms with Crippen molar-refractivity contribution in [3.8, 4) is 12.1 Å². The van der Waals surface area contributed by atoms with Gasteiger partial charge in [-0.05, 0) is 231 Å². The fourth-order valence-corrected chi connectivity index (χ4v) is 17.9. The van der Waals surface area contributed by atoms with Crippen molar-refractivity contribution in [2.45, 2.75) is 132 Å². The molecule has 19 rings (SSSR count). The Kier molecular flexibility index (Phi) is 5.36. The third-order valence-electron chi connectivity index (χ3n) is 19.1. The highest BCUT2D eigenvalue weighted by Gasteiger charge is 2.48. The molecule has 3 heterocycles. The fourth-order valence-electron chi connectivity index (χ4n) is 17.9. The van der Waals surface area contributed by atoms with Crippen LogP contribution in [0.5, 0.6) is 0 Å². The van der Waals surface area contributed by atoms with Crippen LogP contribution in [-0.2, 0) is 0 Å². The molecule has 0 saturated heterocycles. The Morgan fingerprint density at radius 1 is 0.439 bits per heavy atom. The molecule has 12 aliphatic carbocycles. The molecule has 280 valence electrons. The number of nitriles is 2. The fraction of sp³-hybridized carbons (Fsp3) is 0.509. The maximum atomic E-state index is 11.0. The summed E-state index contributed by atoms with van der Waals surface area (Å²) in [5.74, 6) is 8.22. The predicted molar refractivity (Wildman–Crippen MR) is 224 cm³/mol. The molecule has 12 bridgehead atoms. The molecule has 3 aromatic heterocycles. The number of nitrogens with zero attached hydrogens (tertiary/aromatic N) is 3. The van der Waals surface area contributed by atoms with E-state index < -0.39 is 0 Å². The van der Waals surface area contributed by atoms with Gasteiger partial charge in [-0.3, -0.25) is 0 Å². The monoisotopic (exact) mass is 741 g/mol. The van der Waals surface area contributed by atoms with Crippen molar-refractivity contribution in [3.05, 3.63) is 74.8 Å². The number of furan rings is 1. The standard InChI is InChI=1S/C53H47N3O/c54-21-35-16-42-49(47-33-12-25-2-26(13-33)9-31(8-25)45(35)47)41-19-40-39-18-37-29-4-23-1-24(5-29)7-30(6-23)38(37)20-44(39)57-53(40)51-50-43(56(42)52(41)51)17-36(22-55)46-32-10-27-3-28(11-32)15-34(14-27)48(46)50/h16-20,23-34H,1-15H2. The Hall–Kier alpha value is -4.54. The normalized spacial score (nSPS) is 36.4. The highest BCUT2D eigenvalue weighted by molar-refractivity contribution is 6.34. The van der Waals surface area contributed by atoms with E-state index in [-0.39, 0.29) is 0 Å². The summed E-state index contributed by atoms with van der Waals surface area (Å²) < 4.78 is 9.98. The van der Waals surface area contributed by atoms with Gasteiger partial charge < -0.3 is 8.82 Å². The van der Waals surface area contributed by atoms with Crippen molar-refractivity contribution in [2.75, 3.05) is 0 Å². The summed E-state index contributed by atoms with van der Waals surface area (Å²) in [4.78, 5) is 0. The van der Waals surface area contributed by atoms with E-state index in [0.29, 0.717) is 35.5 Å². The quantitative estimate of drug-likeness (QED) is 0.155. The molecule has 0 radical (unpaired) electrons. The van der Waals surface area contributed by atoms with Crippen LogP contribution in [0.3, 0.4) is 0 Å². The van der Waals surface area contributed by atoms with Crippen LogP contribution in [0.2, 0.25) is 0 Å². The van der Waals surface area contributed by atoms with E-state index in [9.17, 15) is 10.5 Å². The maximum Gasteiger partial charge on any atom is 0.145 e. The zero-order valence-electron chi connectivity index (χ0n) is 32.7. The second kappa shape index (κ2) is 10.0. The molecule has 4 nitrogen and oxygen atoms in total. The predicted octanol–water partition coefficient (Wildman–Crippen LogP) is 13.7. The summed E-state index contributed by atoms with van der Waals surface area (Å²) in [6.07, 6.45) is 19.7. The molecule has 6 saturated carbocycles. The van der Waals surface area contributed by atoms with Crippen LogP contribution < -0.4 is 0 Å². The number of fused-ring (bicyclic) bond motifs is 10. The minimum absolute atomic E-state index is 0.478. The molecule has 7 aromatic rings. The first-order chi connectivity index (χ1) is 28.0. The van der Waals surface area contributed by atoms with Gasteiger partial charge in [-0.25, -0.2) is 0 Å². The summed E-state index contributed by atoms with van der Waals surface area (Å²) in [5.41, 5.74) is 16.7. The van der Waals surface area contributed by atoms with Gasteiger partial charge in [-0.2, -0.15) is 10.5 Å². The second-order valence-corrected chi connectivity index (χ2v) is 21.9. The molecular formula is C53H47N3O. The minimum Gasteiger partial charge on any atom is -0.455 e. The SMILES string of the molecule is N#Cc1cc2c(c3c1C1CC4CC(C1)CC3C4)c1cc3c4cc5c(cc4oc3c3c4c6c(c(C#N)cc4n2c13)C1CC2CC(C1)CC6C2)C1CC2CC(C1)CC5C2. The van der Waals surface area contributed by atoms with Crippen LogP contribution in [0.1, 0.15) is 176 Å². The average Bonchev–Trinajstić information content (AvgIpc) is 3.71. The summed E-state index contributed by atoms with van der Waals surface area (Å²) >= 11 is 0. The minimum atomic E-state index is 0.478. The van der Waals surface area contributed by atoms with E-state index in [0.717, 1.165) is 57.8 Å². The lowest BCUT2D eigenvalue weighted by molar-refractivity contribution is 0.166. The smallest absolute Gasteiger partial charge is 0.145 e. The van der Waals surface area contributed by atoms with Crippen molar-refractivity contribution in [2.24, 2.45) is 35.5 Å². The molecule has 4 aromatic carbocycles. The summed E-state index contributed by atoms with van der Waals surface area (Å²) in [7, 11) is 0. The molecule has 6 atom stereocenters. The van der Waals surface area contributed by atoms with Crippen molar-refractivity contribution >= 4 is 60.0 Å². The third kappa shape index (κ3) is 3.58. The average molecular weight is 742 g/mol. The lowest BCUT2D eigenvalue weighted by Gasteiger charge is -2.38. The molecule has 6 fully saturated rings. The number of aromatic nitrogens is 1. The van der Waals surface area contributed by atoms with Gasteiger partial charge in [0, 0.05) is 26.9 Å². The molecule has 57 heavy (non-hydrogen) atoms. The van der Waals surface area contributed by atoms with Crippen LogP contribution in [0.25, 0.3) is 60.0 Å². The molecule has 0 amide bonds. The number of hydrogen-bond donors (Lipinski definition) is 0. The largest absolute Gasteiger partial charge is 0.455 e. The van der Waals surface area contributed by atoms with Gasteiger partial charge in [0.15, 0.2) is 0 Å². The Balaban J connectivity index is 1.11. The molecule has 0 aliphatic heterocycles. The van der Waals surface area contributed by atoms with Crippen molar-refractivity contribution < 1.29 is 4.42 Å². The summed E-state index contributed by atoms with van der Waals surface area (Å²) in [6, 6.07) is 17.9. The van der Waals surface area contributed by atoms with Crippen molar-refractivity contribution in [1.29, 1.82) is 10.5 Å². The second-order valence-electron chi connectivity index (χ2n) is 21.9. The Labute approximate surface area is 332 Å². The molecule has 4 heteroatoms. The zero-order valence-corrected chi connectivity index (χ0v) is 32.7. The van der Waals surface area contributed by atoms with Gasteiger partial charge in [0.05, 0.1) is 45.2 Å². The van der Waals surface area contributed by atoms with Gasteiger partial charge in [-0.1, -0.05) is 0 Å². The van der Waals surface area contributed by atoms with Crippen molar-refractivity contribution in [1.82, 2.24) is 4.40 Å². The first kappa shape index (κ1) is 30.5. The van der Waals surface area contributed by atoms with E-state index in [4.69, 9.17) is 4.42 Å². The van der Waals surface area contributed by atoms with E-state index in [1.807, 2.05) is 0 Å². The Morgan fingerprint density at radius 3 is 1.42 bits per heavy atom. The summed E-state index contributed by atoms with van der Waals surface area (Å²) in [6.45, 7) is 0. The maximum absolute atomic E-state index is 11.0. The van der Waals surface area contributed by atoms with Crippen LogP contribution in [0.15, 0.2) is 34.7 Å². The topological polar surface area (TPSA) is 65.1 Å². The van der Waals surface area contributed by atoms with Gasteiger partial charge in [-0.15, -0.1) is 0 Å². The van der Waals surface area contributed by atoms with E-state index in [1.54, 1.807) is 11.1 Å². The van der Waals surface area contributed by atoms with Gasteiger partial charge in [0.25, 0.3) is 0 Å². The number of rotatable bonds is 0. The van der Waals surface area contributed by atoms with Crippen LogP contribution in [-0.4, -0.2) is 4.40 Å². The van der Waals surface area contributed by atoms with Crippen LogP contribution >= 0.6 is 0 Å². The highest BCUT2D eigenvalue weighted by atomic mass is 16.3. The summed E-state index contributed by atoms with van der Waals surface area (Å²) in [5, 5.41) is 30.1. The highest BCUT2D eigenvalue weighted by Crippen LogP contribution is 2.63. The number of benzene rings is 4. The first-order valence-electron chi connectivity index (χ1n) is 23.1. The number of hydrogen-bond acceptors (Lipinski definition) is 3. The van der Waals surface area contributed by atoms with E-state index in [2.05, 4.69) is 46.9 Å². The van der Waals surface area contributed by atoms with Gasteiger partial charge >= 0.3 is 0 Å². The molecule has 0 N–H and O–H groups in total. The van der Waals surface area contributed by atoms with Crippen LogP contribution in [0.4, 0.5) is 0 Å². The van der Waals surface area contributed by atoms with E-state index in [1.165, 1.54) is 167 Å². The Bertz CT molecular complexity index is 3100. The molecular weight excluding hydrogens is 695 g/mol.